The molecule has 2 aromatic carbocycles. The second-order valence-corrected chi connectivity index (χ2v) is 7.99. The number of hydrogen-bond acceptors (Lipinski definition) is 7. The van der Waals surface area contributed by atoms with Crippen LogP contribution in [-0.4, -0.2) is 39.1 Å². The topological polar surface area (TPSA) is 113 Å². The average molecular weight is 401 g/mol. The van der Waals surface area contributed by atoms with Crippen molar-refractivity contribution in [1.82, 2.24) is 4.98 Å². The van der Waals surface area contributed by atoms with E-state index < -0.39 is 24.9 Å². The summed E-state index contributed by atoms with van der Waals surface area (Å²) in [6.07, 6.45) is 0.870. The Morgan fingerprint density at radius 3 is 2.11 bits per heavy atom. The third-order valence-corrected chi connectivity index (χ3v) is 5.52. The number of aromatic nitrogens is 1. The van der Waals surface area contributed by atoms with Crippen LogP contribution in [-0.2, 0) is 0 Å². The maximum absolute atomic E-state index is 10.3. The molecule has 3 aromatic rings. The predicted octanol–water partition coefficient (Wildman–Crippen LogP) is 2.91. The van der Waals surface area contributed by atoms with Crippen LogP contribution in [0.5, 0.6) is 0 Å². The van der Waals surface area contributed by atoms with Gasteiger partial charge in [0.05, 0.1) is 24.9 Å². The van der Waals surface area contributed by atoms with E-state index in [2.05, 4.69) is 4.98 Å². The van der Waals surface area contributed by atoms with Crippen molar-refractivity contribution in [3.8, 4) is 11.3 Å². The summed E-state index contributed by atoms with van der Waals surface area (Å²) in [5.74, 6) is 0.639. The number of aliphatic hydroxyl groups excluding tert-OH is 3. The van der Waals surface area contributed by atoms with Crippen LogP contribution in [0.3, 0.4) is 0 Å². The van der Waals surface area contributed by atoms with Gasteiger partial charge in [-0.05, 0) is 36.2 Å². The fourth-order valence-corrected chi connectivity index (χ4v) is 3.58. The Morgan fingerprint density at radius 1 is 1.04 bits per heavy atom. The molecule has 0 aliphatic rings. The number of aryl methyl sites for hydroxylation is 1. The minimum absolute atomic E-state index is 0.0788. The van der Waals surface area contributed by atoms with Gasteiger partial charge in [0.25, 0.3) is 0 Å². The molecular formula is C21H24N2O4S. The molecule has 7 heteroatoms. The molecule has 0 radical (unpaired) electrons. The quantitative estimate of drug-likeness (QED) is 0.460. The van der Waals surface area contributed by atoms with Gasteiger partial charge >= 0.3 is 0 Å². The summed E-state index contributed by atoms with van der Waals surface area (Å²) >= 11 is 1.61. The molecule has 1 atom stereocenters. The molecule has 0 spiro atoms. The maximum Gasteiger partial charge on any atom is 0.191 e. The van der Waals surface area contributed by atoms with Crippen LogP contribution in [0.1, 0.15) is 24.0 Å². The Bertz CT molecular complexity index is 890. The SMILES string of the molecule is Cc1nc(-c2ccc(Sc3ccc(C(O)CC(N)(CO)CO)cc3)cc2)co1. The number of oxazole rings is 1. The molecule has 1 aromatic heterocycles. The summed E-state index contributed by atoms with van der Waals surface area (Å²) in [6, 6.07) is 15.6. The molecule has 148 valence electrons. The summed E-state index contributed by atoms with van der Waals surface area (Å²) < 4.78 is 5.25. The molecule has 1 heterocycles. The number of hydrogen-bond donors (Lipinski definition) is 4. The van der Waals surface area contributed by atoms with Crippen LogP contribution in [0.25, 0.3) is 11.3 Å². The van der Waals surface area contributed by atoms with Gasteiger partial charge in [-0.1, -0.05) is 36.0 Å². The third kappa shape index (κ3) is 5.01. The highest BCUT2D eigenvalue weighted by Gasteiger charge is 2.27. The van der Waals surface area contributed by atoms with Gasteiger partial charge in [-0.25, -0.2) is 4.98 Å². The van der Waals surface area contributed by atoms with E-state index in [0.29, 0.717) is 11.5 Å². The van der Waals surface area contributed by atoms with Crippen molar-refractivity contribution in [1.29, 1.82) is 0 Å². The lowest BCUT2D eigenvalue weighted by Crippen LogP contribution is -2.48. The molecule has 0 saturated heterocycles. The van der Waals surface area contributed by atoms with Gasteiger partial charge in [-0.3, -0.25) is 0 Å². The van der Waals surface area contributed by atoms with Crippen LogP contribution in [0.15, 0.2) is 69.0 Å². The Morgan fingerprint density at radius 2 is 1.61 bits per heavy atom. The molecule has 1 unspecified atom stereocenters. The summed E-state index contributed by atoms with van der Waals surface area (Å²) in [5, 5.41) is 28.9. The van der Waals surface area contributed by atoms with E-state index in [9.17, 15) is 15.3 Å². The van der Waals surface area contributed by atoms with Gasteiger partial charge in [0.15, 0.2) is 5.89 Å². The first-order valence-electron chi connectivity index (χ1n) is 8.91. The second-order valence-electron chi connectivity index (χ2n) is 6.85. The smallest absolute Gasteiger partial charge is 0.191 e. The molecule has 0 aliphatic heterocycles. The lowest BCUT2D eigenvalue weighted by molar-refractivity contribution is 0.0618. The summed E-state index contributed by atoms with van der Waals surface area (Å²) in [6.45, 7) is 1.03. The van der Waals surface area contributed by atoms with Gasteiger partial charge in [0.2, 0.25) is 0 Å². The molecular weight excluding hydrogens is 376 g/mol. The van der Waals surface area contributed by atoms with E-state index in [1.165, 1.54) is 0 Å². The minimum Gasteiger partial charge on any atom is -0.449 e. The fourth-order valence-electron chi connectivity index (χ4n) is 2.77. The van der Waals surface area contributed by atoms with E-state index >= 15 is 0 Å². The number of aliphatic hydroxyl groups is 3. The monoisotopic (exact) mass is 400 g/mol. The van der Waals surface area contributed by atoms with E-state index in [4.69, 9.17) is 10.2 Å². The van der Waals surface area contributed by atoms with Gasteiger partial charge in [0.1, 0.15) is 12.0 Å². The van der Waals surface area contributed by atoms with Crippen molar-refractivity contribution in [3.63, 3.8) is 0 Å². The molecule has 0 fully saturated rings. The fraction of sp³-hybridized carbons (Fsp3) is 0.286. The maximum atomic E-state index is 10.3. The molecule has 0 amide bonds. The van der Waals surface area contributed by atoms with Crippen LogP contribution in [0.2, 0.25) is 0 Å². The molecule has 6 nitrogen and oxygen atoms in total. The minimum atomic E-state index is -1.20. The van der Waals surface area contributed by atoms with Crippen LogP contribution < -0.4 is 5.73 Å². The highest BCUT2D eigenvalue weighted by atomic mass is 32.2. The van der Waals surface area contributed by atoms with E-state index in [0.717, 1.165) is 21.0 Å². The van der Waals surface area contributed by atoms with Gasteiger partial charge in [-0.15, -0.1) is 0 Å². The zero-order chi connectivity index (χ0) is 20.1. The molecule has 5 N–H and O–H groups in total. The molecule has 28 heavy (non-hydrogen) atoms. The van der Waals surface area contributed by atoms with Crippen molar-refractivity contribution >= 4 is 11.8 Å². The largest absolute Gasteiger partial charge is 0.449 e. The predicted molar refractivity (Wildman–Crippen MR) is 108 cm³/mol. The molecule has 0 bridgehead atoms. The average Bonchev–Trinajstić information content (AvgIpc) is 3.15. The normalized spacial score (nSPS) is 12.9. The van der Waals surface area contributed by atoms with Crippen molar-refractivity contribution in [2.24, 2.45) is 5.73 Å². The Kier molecular flexibility index (Phi) is 6.53. The third-order valence-electron chi connectivity index (χ3n) is 4.50. The van der Waals surface area contributed by atoms with Crippen molar-refractivity contribution in [3.05, 3.63) is 66.2 Å². The first-order chi connectivity index (χ1) is 13.4. The number of benzene rings is 2. The van der Waals surface area contributed by atoms with Gasteiger partial charge in [-0.2, -0.15) is 0 Å². The lowest BCUT2D eigenvalue weighted by Gasteiger charge is -2.27. The van der Waals surface area contributed by atoms with Gasteiger partial charge in [0, 0.05) is 22.3 Å². The van der Waals surface area contributed by atoms with Crippen molar-refractivity contribution in [2.75, 3.05) is 13.2 Å². The Hall–Kier alpha value is -2.16. The Labute approximate surface area is 168 Å². The highest BCUT2D eigenvalue weighted by molar-refractivity contribution is 7.99. The van der Waals surface area contributed by atoms with Crippen LogP contribution in [0, 0.1) is 6.92 Å². The number of nitrogens with zero attached hydrogens (tertiary/aromatic N) is 1. The standard InChI is InChI=1S/C21H24N2O4S/c1-14-23-19(11-27-14)15-2-6-17(7-3-15)28-18-8-4-16(5-9-18)20(26)10-21(22,12-24)13-25/h2-9,11,20,24-26H,10,12-13,22H2,1H3. The Balaban J connectivity index is 1.64. The molecule has 0 aliphatic carbocycles. The summed E-state index contributed by atoms with van der Waals surface area (Å²) in [7, 11) is 0. The summed E-state index contributed by atoms with van der Waals surface area (Å²) in [5.41, 5.74) is 7.15. The zero-order valence-electron chi connectivity index (χ0n) is 15.6. The molecule has 3 rings (SSSR count). The summed E-state index contributed by atoms with van der Waals surface area (Å²) in [4.78, 5) is 6.43. The highest BCUT2D eigenvalue weighted by Crippen LogP contribution is 2.31. The van der Waals surface area contributed by atoms with E-state index in [1.807, 2.05) is 55.5 Å². The van der Waals surface area contributed by atoms with E-state index in [-0.39, 0.29) is 6.42 Å². The number of nitrogens with two attached hydrogens (primary N) is 1. The molecule has 0 saturated carbocycles. The second kappa shape index (κ2) is 8.89. The van der Waals surface area contributed by atoms with E-state index in [1.54, 1.807) is 18.0 Å². The van der Waals surface area contributed by atoms with Crippen molar-refractivity contribution in [2.45, 2.75) is 34.8 Å². The van der Waals surface area contributed by atoms with Crippen LogP contribution >= 0.6 is 11.8 Å². The first kappa shape index (κ1) is 20.6. The van der Waals surface area contributed by atoms with Gasteiger partial charge < -0.3 is 25.5 Å². The van der Waals surface area contributed by atoms with Crippen LogP contribution in [0.4, 0.5) is 0 Å². The van der Waals surface area contributed by atoms with Crippen molar-refractivity contribution < 1.29 is 19.7 Å². The zero-order valence-corrected chi connectivity index (χ0v) is 16.4. The number of rotatable bonds is 8. The lowest BCUT2D eigenvalue weighted by atomic mass is 9.92. The first-order valence-corrected chi connectivity index (χ1v) is 9.73.